The first kappa shape index (κ1) is 22.3. The van der Waals surface area contributed by atoms with Crippen molar-refractivity contribution in [3.8, 4) is 0 Å². The summed E-state index contributed by atoms with van der Waals surface area (Å²) in [6.45, 7) is 0. The second-order valence-corrected chi connectivity index (χ2v) is 8.85. The molecule has 1 unspecified atom stereocenters. The lowest BCUT2D eigenvalue weighted by Gasteiger charge is -2.18. The minimum absolute atomic E-state index is 0.350. The molecular formula is C19H22ClN3O3S2. The highest BCUT2D eigenvalue weighted by atomic mass is 35.5. The number of halogens is 1. The zero-order chi connectivity index (χ0) is 20.4. The standard InChI is InChI=1S/C19H22ClN3O3S2/c1-27-12-10-18(19(24)22-21-17-9-5-8-16(20)14-17)23-28(25,26)13-11-15-6-3-2-4-7-15/h2-9,11,13-14,18,21,23H,10,12H2,1H3,(H,22,24)/b13-11+. The predicted molar refractivity (Wildman–Crippen MR) is 118 cm³/mol. The third-order valence-electron chi connectivity index (χ3n) is 3.63. The van der Waals surface area contributed by atoms with E-state index in [9.17, 15) is 13.2 Å². The molecule has 6 nitrogen and oxygen atoms in total. The van der Waals surface area contributed by atoms with Crippen molar-refractivity contribution in [3.63, 3.8) is 0 Å². The Balaban J connectivity index is 2.02. The van der Waals surface area contributed by atoms with Gasteiger partial charge in [0, 0.05) is 10.4 Å². The van der Waals surface area contributed by atoms with Gasteiger partial charge in [0.15, 0.2) is 0 Å². The van der Waals surface area contributed by atoms with Crippen molar-refractivity contribution in [2.75, 3.05) is 17.4 Å². The molecule has 0 spiro atoms. The number of thioether (sulfide) groups is 1. The minimum atomic E-state index is -3.79. The van der Waals surface area contributed by atoms with Gasteiger partial charge in [-0.05, 0) is 48.3 Å². The fraction of sp³-hybridized carbons (Fsp3) is 0.211. The van der Waals surface area contributed by atoms with Gasteiger partial charge in [0.25, 0.3) is 5.91 Å². The molecule has 0 aliphatic carbocycles. The molecule has 1 atom stereocenters. The van der Waals surface area contributed by atoms with E-state index in [1.54, 1.807) is 36.4 Å². The Morgan fingerprint density at radius 1 is 1.18 bits per heavy atom. The van der Waals surface area contributed by atoms with Crippen LogP contribution in [0.1, 0.15) is 12.0 Å². The molecule has 2 rings (SSSR count). The summed E-state index contributed by atoms with van der Waals surface area (Å²) >= 11 is 7.44. The molecular weight excluding hydrogens is 418 g/mol. The van der Waals surface area contributed by atoms with Crippen LogP contribution in [0.5, 0.6) is 0 Å². The number of carbonyl (C=O) groups is 1. The molecule has 3 N–H and O–H groups in total. The van der Waals surface area contributed by atoms with Crippen LogP contribution >= 0.6 is 23.4 Å². The molecule has 0 aliphatic heterocycles. The predicted octanol–water partition coefficient (Wildman–Crippen LogP) is 3.50. The first-order valence-electron chi connectivity index (χ1n) is 8.45. The molecule has 0 aliphatic rings. The number of hydrogen-bond donors (Lipinski definition) is 3. The number of hydrazine groups is 1. The minimum Gasteiger partial charge on any atom is -0.299 e. The van der Waals surface area contributed by atoms with Gasteiger partial charge in [-0.3, -0.25) is 15.6 Å². The topological polar surface area (TPSA) is 87.3 Å². The first-order valence-corrected chi connectivity index (χ1v) is 11.8. The van der Waals surface area contributed by atoms with Crippen molar-refractivity contribution in [2.24, 2.45) is 0 Å². The van der Waals surface area contributed by atoms with Crippen molar-refractivity contribution >= 4 is 51.1 Å². The van der Waals surface area contributed by atoms with E-state index in [1.807, 2.05) is 24.5 Å². The van der Waals surface area contributed by atoms with Gasteiger partial charge in [-0.25, -0.2) is 8.42 Å². The Labute approximate surface area is 174 Å². The first-order chi connectivity index (χ1) is 13.4. The summed E-state index contributed by atoms with van der Waals surface area (Å²) in [5, 5.41) is 1.58. The van der Waals surface area contributed by atoms with Gasteiger partial charge in [0.2, 0.25) is 10.0 Å². The van der Waals surface area contributed by atoms with E-state index in [-0.39, 0.29) is 0 Å². The fourth-order valence-electron chi connectivity index (χ4n) is 2.24. The van der Waals surface area contributed by atoms with Crippen molar-refractivity contribution < 1.29 is 13.2 Å². The number of nitrogens with one attached hydrogen (secondary N) is 3. The highest BCUT2D eigenvalue weighted by molar-refractivity contribution is 7.98. The van der Waals surface area contributed by atoms with E-state index in [1.165, 1.54) is 17.8 Å². The molecule has 0 fully saturated rings. The van der Waals surface area contributed by atoms with Crippen LogP contribution in [0.25, 0.3) is 6.08 Å². The van der Waals surface area contributed by atoms with Gasteiger partial charge in [-0.1, -0.05) is 48.0 Å². The second-order valence-electron chi connectivity index (χ2n) is 5.83. The van der Waals surface area contributed by atoms with Gasteiger partial charge in [-0.15, -0.1) is 0 Å². The third kappa shape index (κ3) is 7.93. The van der Waals surface area contributed by atoms with Gasteiger partial charge in [0.05, 0.1) is 5.69 Å². The number of anilines is 1. The van der Waals surface area contributed by atoms with Crippen LogP contribution in [-0.2, 0) is 14.8 Å². The number of sulfonamides is 1. The maximum Gasteiger partial charge on any atom is 0.256 e. The molecule has 1 amide bonds. The maximum absolute atomic E-state index is 12.5. The molecule has 150 valence electrons. The molecule has 28 heavy (non-hydrogen) atoms. The highest BCUT2D eigenvalue weighted by Gasteiger charge is 2.22. The Morgan fingerprint density at radius 2 is 1.93 bits per heavy atom. The van der Waals surface area contributed by atoms with Gasteiger partial charge < -0.3 is 0 Å². The number of rotatable bonds is 10. The van der Waals surface area contributed by atoms with Crippen LogP contribution in [0.4, 0.5) is 5.69 Å². The van der Waals surface area contributed by atoms with Crippen LogP contribution in [0.3, 0.4) is 0 Å². The quantitative estimate of drug-likeness (QED) is 0.493. The van der Waals surface area contributed by atoms with E-state index < -0.39 is 22.0 Å². The molecule has 0 bridgehead atoms. The summed E-state index contributed by atoms with van der Waals surface area (Å²) < 4.78 is 27.2. The van der Waals surface area contributed by atoms with Crippen molar-refractivity contribution in [2.45, 2.75) is 12.5 Å². The molecule has 0 saturated heterocycles. The van der Waals surface area contributed by atoms with Crippen LogP contribution in [0.15, 0.2) is 60.0 Å². The lowest BCUT2D eigenvalue weighted by Crippen LogP contribution is -2.48. The van der Waals surface area contributed by atoms with Crippen LogP contribution in [-0.4, -0.2) is 32.4 Å². The van der Waals surface area contributed by atoms with Gasteiger partial charge in [0.1, 0.15) is 6.04 Å². The van der Waals surface area contributed by atoms with Crippen molar-refractivity contribution in [3.05, 3.63) is 70.6 Å². The summed E-state index contributed by atoms with van der Waals surface area (Å²) in [6.07, 6.45) is 3.72. The fourth-order valence-corrected chi connectivity index (χ4v) is 3.93. The number of hydrogen-bond acceptors (Lipinski definition) is 5. The normalized spacial score (nSPS) is 12.6. The molecule has 0 radical (unpaired) electrons. The summed E-state index contributed by atoms with van der Waals surface area (Å²) in [7, 11) is -3.79. The van der Waals surface area contributed by atoms with Crippen LogP contribution in [0, 0.1) is 0 Å². The average Bonchev–Trinajstić information content (AvgIpc) is 2.68. The number of carbonyl (C=O) groups excluding carboxylic acids is 1. The lowest BCUT2D eigenvalue weighted by molar-refractivity contribution is -0.122. The molecule has 0 heterocycles. The van der Waals surface area contributed by atoms with Crippen molar-refractivity contribution in [1.82, 2.24) is 10.1 Å². The van der Waals surface area contributed by atoms with E-state index in [0.717, 1.165) is 11.0 Å². The largest absolute Gasteiger partial charge is 0.299 e. The van der Waals surface area contributed by atoms with Crippen molar-refractivity contribution in [1.29, 1.82) is 0 Å². The molecule has 2 aromatic rings. The Bertz CT molecular complexity index is 906. The summed E-state index contributed by atoms with van der Waals surface area (Å²) in [6, 6.07) is 15.0. The highest BCUT2D eigenvalue weighted by Crippen LogP contribution is 2.14. The van der Waals surface area contributed by atoms with E-state index >= 15 is 0 Å². The molecule has 0 saturated carbocycles. The Kier molecular flexibility index (Phi) is 8.85. The molecule has 2 aromatic carbocycles. The van der Waals surface area contributed by atoms with Crippen LogP contribution < -0.4 is 15.6 Å². The molecule has 9 heteroatoms. The van der Waals surface area contributed by atoms with Crippen LogP contribution in [0.2, 0.25) is 5.02 Å². The third-order valence-corrected chi connectivity index (χ3v) is 5.61. The van der Waals surface area contributed by atoms with E-state index in [2.05, 4.69) is 15.6 Å². The van der Waals surface area contributed by atoms with Gasteiger partial charge in [-0.2, -0.15) is 16.5 Å². The SMILES string of the molecule is CSCCC(NS(=O)(=O)/C=C/c1ccccc1)C(=O)NNc1cccc(Cl)c1. The zero-order valence-corrected chi connectivity index (χ0v) is 17.7. The smallest absolute Gasteiger partial charge is 0.256 e. The van der Waals surface area contributed by atoms with E-state index in [0.29, 0.717) is 22.9 Å². The summed E-state index contributed by atoms with van der Waals surface area (Å²) in [5.41, 5.74) is 6.61. The molecule has 0 aromatic heterocycles. The zero-order valence-electron chi connectivity index (χ0n) is 15.3. The second kappa shape index (κ2) is 11.1. The van der Waals surface area contributed by atoms with E-state index in [4.69, 9.17) is 11.6 Å². The summed E-state index contributed by atoms with van der Waals surface area (Å²) in [4.78, 5) is 12.5. The van der Waals surface area contributed by atoms with Gasteiger partial charge >= 0.3 is 0 Å². The summed E-state index contributed by atoms with van der Waals surface area (Å²) in [5.74, 6) is 0.144. The Morgan fingerprint density at radius 3 is 2.61 bits per heavy atom. The average molecular weight is 440 g/mol. The maximum atomic E-state index is 12.5. The Hall–Kier alpha value is -2.00. The monoisotopic (exact) mass is 439 g/mol. The number of amides is 1. The lowest BCUT2D eigenvalue weighted by atomic mass is 10.2. The number of benzene rings is 2.